The van der Waals surface area contributed by atoms with Crippen LogP contribution in [-0.4, -0.2) is 59.2 Å². The molecule has 1 amide bonds. The number of methoxy groups -OCH3 is 1. The van der Waals surface area contributed by atoms with Gasteiger partial charge in [-0.2, -0.15) is 0 Å². The molecule has 0 saturated carbocycles. The van der Waals surface area contributed by atoms with Crippen molar-refractivity contribution in [1.82, 2.24) is 10.6 Å². The maximum Gasteiger partial charge on any atom is 0.233 e. The summed E-state index contributed by atoms with van der Waals surface area (Å²) in [6.07, 6.45) is 1.49. The highest BCUT2D eigenvalue weighted by Gasteiger charge is 2.27. The van der Waals surface area contributed by atoms with Crippen LogP contribution >= 0.6 is 0 Å². The zero-order valence-corrected chi connectivity index (χ0v) is 11.6. The summed E-state index contributed by atoms with van der Waals surface area (Å²) in [5.41, 5.74) is 0. The summed E-state index contributed by atoms with van der Waals surface area (Å²) in [5.74, 6) is 0.612. The molecule has 0 radical (unpaired) electrons. The summed E-state index contributed by atoms with van der Waals surface area (Å²) in [6, 6.07) is 0. The van der Waals surface area contributed by atoms with Crippen LogP contribution in [0.1, 0.15) is 12.8 Å². The van der Waals surface area contributed by atoms with Gasteiger partial charge in [-0.05, 0) is 25.3 Å². The van der Waals surface area contributed by atoms with Crippen molar-refractivity contribution >= 4 is 15.7 Å². The first kappa shape index (κ1) is 15.4. The van der Waals surface area contributed by atoms with Crippen molar-refractivity contribution in [1.29, 1.82) is 0 Å². The smallest absolute Gasteiger partial charge is 0.233 e. The van der Waals surface area contributed by atoms with Crippen molar-refractivity contribution in [2.75, 3.05) is 44.9 Å². The fourth-order valence-electron chi connectivity index (χ4n) is 1.93. The maximum atomic E-state index is 11.4. The zero-order chi connectivity index (χ0) is 13.4. The normalized spacial score (nSPS) is 21.9. The van der Waals surface area contributed by atoms with Crippen LogP contribution in [0.4, 0.5) is 0 Å². The van der Waals surface area contributed by atoms with Gasteiger partial charge in [0.25, 0.3) is 0 Å². The maximum absolute atomic E-state index is 11.4. The molecule has 0 bridgehead atoms. The molecule has 0 aliphatic carbocycles. The van der Waals surface area contributed by atoms with Gasteiger partial charge >= 0.3 is 0 Å². The van der Waals surface area contributed by atoms with Crippen molar-refractivity contribution < 1.29 is 17.9 Å². The lowest BCUT2D eigenvalue weighted by molar-refractivity contribution is -0.120. The van der Waals surface area contributed by atoms with Crippen molar-refractivity contribution in [2.24, 2.45) is 5.92 Å². The van der Waals surface area contributed by atoms with Gasteiger partial charge in [0, 0.05) is 20.3 Å². The second-order valence-corrected chi connectivity index (χ2v) is 6.82. The fraction of sp³-hybridized carbons (Fsp3) is 0.909. The van der Waals surface area contributed by atoms with Gasteiger partial charge in [0.2, 0.25) is 5.91 Å². The molecule has 0 aromatic rings. The molecular formula is C11H22N2O4S. The number of hydrogen-bond acceptors (Lipinski definition) is 5. The summed E-state index contributed by atoms with van der Waals surface area (Å²) >= 11 is 0. The SMILES string of the molecule is COCCCNC(=O)CNCC1CCS(=O)(=O)C1. The van der Waals surface area contributed by atoms with E-state index in [1.807, 2.05) is 0 Å². The average Bonchev–Trinajstić information content (AvgIpc) is 2.64. The first-order valence-electron chi connectivity index (χ1n) is 6.20. The highest BCUT2D eigenvalue weighted by molar-refractivity contribution is 7.91. The Morgan fingerprint density at radius 2 is 2.22 bits per heavy atom. The van der Waals surface area contributed by atoms with Gasteiger partial charge in [0.05, 0.1) is 18.1 Å². The van der Waals surface area contributed by atoms with Gasteiger partial charge in [0.1, 0.15) is 0 Å². The minimum atomic E-state index is -2.82. The third kappa shape index (κ3) is 6.32. The molecule has 6 nitrogen and oxygen atoms in total. The molecule has 1 aliphatic rings. The Morgan fingerprint density at radius 3 is 2.83 bits per heavy atom. The monoisotopic (exact) mass is 278 g/mol. The number of rotatable bonds is 8. The summed E-state index contributed by atoms with van der Waals surface area (Å²) < 4.78 is 27.3. The van der Waals surface area contributed by atoms with Crippen LogP contribution < -0.4 is 10.6 Å². The van der Waals surface area contributed by atoms with E-state index in [0.717, 1.165) is 6.42 Å². The number of ether oxygens (including phenoxy) is 1. The number of hydrogen-bond donors (Lipinski definition) is 2. The molecule has 1 atom stereocenters. The lowest BCUT2D eigenvalue weighted by Gasteiger charge is -2.09. The van der Waals surface area contributed by atoms with E-state index in [2.05, 4.69) is 10.6 Å². The zero-order valence-electron chi connectivity index (χ0n) is 10.8. The molecule has 2 N–H and O–H groups in total. The highest BCUT2D eigenvalue weighted by Crippen LogP contribution is 2.16. The van der Waals surface area contributed by atoms with E-state index in [1.54, 1.807) is 7.11 Å². The highest BCUT2D eigenvalue weighted by atomic mass is 32.2. The standard InChI is InChI=1S/C11H22N2O4S/c1-17-5-2-4-13-11(14)8-12-7-10-3-6-18(15,16)9-10/h10,12H,2-9H2,1H3,(H,13,14). The van der Waals surface area contributed by atoms with E-state index in [9.17, 15) is 13.2 Å². The quantitative estimate of drug-likeness (QED) is 0.566. The van der Waals surface area contributed by atoms with E-state index in [1.165, 1.54) is 0 Å². The van der Waals surface area contributed by atoms with Crippen molar-refractivity contribution in [3.8, 4) is 0 Å². The molecule has 106 valence electrons. The molecule has 1 heterocycles. The average molecular weight is 278 g/mol. The van der Waals surface area contributed by atoms with E-state index < -0.39 is 9.84 Å². The minimum absolute atomic E-state index is 0.0630. The molecule has 0 aromatic heterocycles. The second kappa shape index (κ2) is 7.70. The number of sulfone groups is 1. The van der Waals surface area contributed by atoms with E-state index in [4.69, 9.17) is 4.74 Å². The molecule has 0 aromatic carbocycles. The van der Waals surface area contributed by atoms with Gasteiger partial charge < -0.3 is 15.4 Å². The molecule has 1 aliphatic heterocycles. The van der Waals surface area contributed by atoms with Crippen LogP contribution in [0.15, 0.2) is 0 Å². The van der Waals surface area contributed by atoms with Crippen molar-refractivity contribution in [2.45, 2.75) is 12.8 Å². The van der Waals surface area contributed by atoms with Crippen LogP contribution in [0.5, 0.6) is 0 Å². The van der Waals surface area contributed by atoms with E-state index >= 15 is 0 Å². The molecule has 1 rings (SSSR count). The fourth-order valence-corrected chi connectivity index (χ4v) is 3.79. The third-order valence-corrected chi connectivity index (χ3v) is 4.73. The lowest BCUT2D eigenvalue weighted by atomic mass is 10.1. The molecular weight excluding hydrogens is 256 g/mol. The predicted octanol–water partition coefficient (Wildman–Crippen LogP) is -0.837. The van der Waals surface area contributed by atoms with Crippen LogP contribution in [0, 0.1) is 5.92 Å². The van der Waals surface area contributed by atoms with E-state index in [-0.39, 0.29) is 29.9 Å². The molecule has 18 heavy (non-hydrogen) atoms. The van der Waals surface area contributed by atoms with Crippen LogP contribution in [-0.2, 0) is 19.4 Å². The Hall–Kier alpha value is -0.660. The van der Waals surface area contributed by atoms with Gasteiger partial charge in [-0.3, -0.25) is 4.79 Å². The van der Waals surface area contributed by atoms with Gasteiger partial charge in [-0.1, -0.05) is 0 Å². The van der Waals surface area contributed by atoms with Crippen molar-refractivity contribution in [3.63, 3.8) is 0 Å². The summed E-state index contributed by atoms with van der Waals surface area (Å²) in [6.45, 7) is 2.06. The number of carbonyl (C=O) groups is 1. The van der Waals surface area contributed by atoms with Gasteiger partial charge in [0.15, 0.2) is 9.84 Å². The molecule has 1 unspecified atom stereocenters. The number of nitrogens with one attached hydrogen (secondary N) is 2. The predicted molar refractivity (Wildman–Crippen MR) is 69.1 cm³/mol. The minimum Gasteiger partial charge on any atom is -0.385 e. The van der Waals surface area contributed by atoms with Crippen LogP contribution in [0.25, 0.3) is 0 Å². The Morgan fingerprint density at radius 1 is 1.44 bits per heavy atom. The number of carbonyl (C=O) groups excluding carboxylic acids is 1. The summed E-state index contributed by atoms with van der Waals surface area (Å²) in [4.78, 5) is 11.4. The molecule has 7 heteroatoms. The second-order valence-electron chi connectivity index (χ2n) is 4.60. The summed E-state index contributed by atoms with van der Waals surface area (Å²) in [7, 11) is -1.20. The van der Waals surface area contributed by atoms with Crippen molar-refractivity contribution in [3.05, 3.63) is 0 Å². The largest absolute Gasteiger partial charge is 0.385 e. The Bertz CT molecular complexity index is 356. The van der Waals surface area contributed by atoms with Gasteiger partial charge in [-0.25, -0.2) is 8.42 Å². The third-order valence-electron chi connectivity index (χ3n) is 2.89. The summed E-state index contributed by atoms with van der Waals surface area (Å²) in [5, 5.41) is 5.76. The van der Waals surface area contributed by atoms with Crippen LogP contribution in [0.3, 0.4) is 0 Å². The topological polar surface area (TPSA) is 84.5 Å². The lowest BCUT2D eigenvalue weighted by Crippen LogP contribution is -2.36. The molecule has 1 fully saturated rings. The van der Waals surface area contributed by atoms with E-state index in [0.29, 0.717) is 26.1 Å². The first-order valence-corrected chi connectivity index (χ1v) is 8.02. The van der Waals surface area contributed by atoms with Crippen LogP contribution in [0.2, 0.25) is 0 Å². The first-order chi connectivity index (χ1) is 8.53. The Labute approximate surface area is 108 Å². The number of amides is 1. The van der Waals surface area contributed by atoms with Gasteiger partial charge in [-0.15, -0.1) is 0 Å². The molecule has 1 saturated heterocycles. The Balaban J connectivity index is 2.02. The Kier molecular flexibility index (Phi) is 6.59. The molecule has 0 spiro atoms.